The topological polar surface area (TPSA) is 106 Å². The SMILES string of the molecule is CCC(CN1CC(=O)N(CN2CCOCC2)C(=O)C1)N1CC(=O)N(CN2CCOCC2)C(=O)C1. The lowest BCUT2D eigenvalue weighted by Gasteiger charge is -2.42. The number of carbonyl (C=O) groups excluding carboxylic acids is 4. The predicted octanol–water partition coefficient (Wildman–Crippen LogP) is -2.31. The first-order valence-corrected chi connectivity index (χ1v) is 12.2. The monoisotopic (exact) mass is 480 g/mol. The molecule has 4 fully saturated rings. The molecule has 190 valence electrons. The largest absolute Gasteiger partial charge is 0.379 e. The van der Waals surface area contributed by atoms with Crippen molar-refractivity contribution in [1.29, 1.82) is 0 Å². The van der Waals surface area contributed by atoms with Crippen molar-refractivity contribution in [3.63, 3.8) is 0 Å². The summed E-state index contributed by atoms with van der Waals surface area (Å²) in [4.78, 5) is 61.6. The second-order valence-electron chi connectivity index (χ2n) is 9.31. The van der Waals surface area contributed by atoms with Crippen LogP contribution in [0.25, 0.3) is 0 Å². The molecule has 34 heavy (non-hydrogen) atoms. The van der Waals surface area contributed by atoms with Crippen molar-refractivity contribution in [1.82, 2.24) is 29.4 Å². The zero-order chi connectivity index (χ0) is 24.1. The van der Waals surface area contributed by atoms with Gasteiger partial charge in [-0.1, -0.05) is 6.92 Å². The highest BCUT2D eigenvalue weighted by Gasteiger charge is 2.38. The Kier molecular flexibility index (Phi) is 8.61. The molecule has 1 unspecified atom stereocenters. The summed E-state index contributed by atoms with van der Waals surface area (Å²) in [5.41, 5.74) is 0. The molecule has 4 aliphatic heterocycles. The molecule has 0 saturated carbocycles. The van der Waals surface area contributed by atoms with Gasteiger partial charge in [-0.15, -0.1) is 0 Å². The van der Waals surface area contributed by atoms with Gasteiger partial charge in [-0.25, -0.2) is 0 Å². The third kappa shape index (κ3) is 6.18. The lowest BCUT2D eigenvalue weighted by molar-refractivity contribution is -0.159. The molecule has 0 N–H and O–H groups in total. The smallest absolute Gasteiger partial charge is 0.244 e. The number of ether oxygens (including phenoxy) is 2. The fraction of sp³-hybridized carbons (Fsp3) is 0.818. The number of morpholine rings is 2. The van der Waals surface area contributed by atoms with Crippen LogP contribution in [0.2, 0.25) is 0 Å². The highest BCUT2D eigenvalue weighted by molar-refractivity contribution is 6.00. The second-order valence-corrected chi connectivity index (χ2v) is 9.31. The van der Waals surface area contributed by atoms with Crippen LogP contribution in [0.5, 0.6) is 0 Å². The molecule has 12 nitrogen and oxygen atoms in total. The van der Waals surface area contributed by atoms with Gasteiger partial charge < -0.3 is 9.47 Å². The Morgan fingerprint density at radius 3 is 1.47 bits per heavy atom. The molecule has 0 aromatic heterocycles. The minimum Gasteiger partial charge on any atom is -0.379 e. The molecule has 12 heteroatoms. The molecule has 4 aliphatic rings. The van der Waals surface area contributed by atoms with E-state index in [4.69, 9.17) is 9.47 Å². The Hall–Kier alpha value is -1.96. The summed E-state index contributed by atoms with van der Waals surface area (Å²) in [6, 6.07) is -0.0928. The maximum atomic E-state index is 12.8. The average Bonchev–Trinajstić information content (AvgIpc) is 2.83. The predicted molar refractivity (Wildman–Crippen MR) is 120 cm³/mol. The molecule has 0 bridgehead atoms. The number of piperazine rings is 2. The van der Waals surface area contributed by atoms with Gasteiger partial charge in [0.05, 0.1) is 65.9 Å². The zero-order valence-corrected chi connectivity index (χ0v) is 20.0. The third-order valence-electron chi connectivity index (χ3n) is 6.95. The van der Waals surface area contributed by atoms with E-state index in [1.807, 2.05) is 16.7 Å². The van der Waals surface area contributed by atoms with Crippen molar-refractivity contribution in [2.75, 3.05) is 98.7 Å². The van der Waals surface area contributed by atoms with Crippen LogP contribution in [0.15, 0.2) is 0 Å². The van der Waals surface area contributed by atoms with E-state index < -0.39 is 0 Å². The summed E-state index contributed by atoms with van der Waals surface area (Å²) in [5.74, 6) is -0.826. The Balaban J connectivity index is 1.29. The van der Waals surface area contributed by atoms with E-state index in [1.54, 1.807) is 0 Å². The van der Waals surface area contributed by atoms with E-state index in [2.05, 4.69) is 9.80 Å². The number of carbonyl (C=O) groups is 4. The summed E-state index contributed by atoms with van der Waals surface area (Å²) >= 11 is 0. The van der Waals surface area contributed by atoms with Crippen LogP contribution in [0.3, 0.4) is 0 Å². The normalized spacial score (nSPS) is 25.9. The van der Waals surface area contributed by atoms with E-state index >= 15 is 0 Å². The van der Waals surface area contributed by atoms with Gasteiger partial charge in [0.25, 0.3) is 0 Å². The molecule has 0 radical (unpaired) electrons. The molecule has 4 saturated heterocycles. The van der Waals surface area contributed by atoms with E-state index in [0.29, 0.717) is 78.9 Å². The maximum Gasteiger partial charge on any atom is 0.244 e. The van der Waals surface area contributed by atoms with Crippen molar-refractivity contribution in [2.24, 2.45) is 0 Å². The minimum absolute atomic E-state index is 0.0928. The lowest BCUT2D eigenvalue weighted by Crippen LogP contribution is -2.62. The molecular formula is C22H36N6O6. The Bertz CT molecular complexity index is 733. The summed E-state index contributed by atoms with van der Waals surface area (Å²) < 4.78 is 10.7. The first-order chi connectivity index (χ1) is 16.4. The van der Waals surface area contributed by atoms with Crippen molar-refractivity contribution < 1.29 is 28.7 Å². The third-order valence-corrected chi connectivity index (χ3v) is 6.95. The summed E-state index contributed by atoms with van der Waals surface area (Å²) in [6.45, 7) is 8.97. The van der Waals surface area contributed by atoms with Gasteiger partial charge in [-0.05, 0) is 6.42 Å². The fourth-order valence-electron chi connectivity index (χ4n) is 4.85. The summed E-state index contributed by atoms with van der Waals surface area (Å²) in [7, 11) is 0. The van der Waals surface area contributed by atoms with Crippen LogP contribution >= 0.6 is 0 Å². The lowest BCUT2D eigenvalue weighted by atomic mass is 10.1. The van der Waals surface area contributed by atoms with E-state index in [9.17, 15) is 19.2 Å². The van der Waals surface area contributed by atoms with Crippen LogP contribution < -0.4 is 0 Å². The molecule has 1 atom stereocenters. The van der Waals surface area contributed by atoms with Crippen LogP contribution in [-0.2, 0) is 28.7 Å². The van der Waals surface area contributed by atoms with Gasteiger partial charge in [-0.2, -0.15) is 0 Å². The van der Waals surface area contributed by atoms with Crippen molar-refractivity contribution in [2.45, 2.75) is 19.4 Å². The first kappa shape index (κ1) is 25.1. The molecule has 0 aromatic rings. The molecule has 4 amide bonds. The van der Waals surface area contributed by atoms with E-state index in [1.165, 1.54) is 9.80 Å². The van der Waals surface area contributed by atoms with Gasteiger partial charge in [0.15, 0.2) is 0 Å². The minimum atomic E-state index is -0.208. The second kappa shape index (κ2) is 11.6. The average molecular weight is 481 g/mol. The highest BCUT2D eigenvalue weighted by atomic mass is 16.5. The van der Waals surface area contributed by atoms with Crippen LogP contribution in [-0.4, -0.2) is 158 Å². The first-order valence-electron chi connectivity index (χ1n) is 12.2. The molecule has 4 rings (SSSR count). The molecule has 0 aromatic carbocycles. The quantitative estimate of drug-likeness (QED) is 0.352. The van der Waals surface area contributed by atoms with Gasteiger partial charge >= 0.3 is 0 Å². The van der Waals surface area contributed by atoms with Crippen molar-refractivity contribution in [3.8, 4) is 0 Å². The van der Waals surface area contributed by atoms with Crippen LogP contribution in [0, 0.1) is 0 Å². The number of nitrogens with zero attached hydrogens (tertiary/aromatic N) is 6. The number of hydrogen-bond acceptors (Lipinski definition) is 10. The number of amides is 4. The van der Waals surface area contributed by atoms with Gasteiger partial charge in [0.1, 0.15) is 0 Å². The molecule has 0 spiro atoms. The van der Waals surface area contributed by atoms with Gasteiger partial charge in [-0.3, -0.25) is 48.6 Å². The van der Waals surface area contributed by atoms with Crippen LogP contribution in [0.4, 0.5) is 0 Å². The highest BCUT2D eigenvalue weighted by Crippen LogP contribution is 2.16. The van der Waals surface area contributed by atoms with Gasteiger partial charge in [0, 0.05) is 38.8 Å². The van der Waals surface area contributed by atoms with E-state index in [0.717, 1.165) is 0 Å². The standard InChI is InChI=1S/C22H36N6O6/c1-2-18(26-14-21(31)28(22(32)15-26)17-24-5-9-34-10-6-24)11-25-12-19(29)27(20(30)13-25)16-23-3-7-33-8-4-23/h18H,2-17H2,1H3. The Labute approximate surface area is 200 Å². The van der Waals surface area contributed by atoms with E-state index in [-0.39, 0.29) is 55.8 Å². The van der Waals surface area contributed by atoms with Gasteiger partial charge in [0.2, 0.25) is 23.6 Å². The summed E-state index contributed by atoms with van der Waals surface area (Å²) in [6.07, 6.45) is 0.709. The Morgan fingerprint density at radius 1 is 0.647 bits per heavy atom. The summed E-state index contributed by atoms with van der Waals surface area (Å²) in [5, 5.41) is 0. The zero-order valence-electron chi connectivity index (χ0n) is 20.0. The molecule has 4 heterocycles. The van der Waals surface area contributed by atoms with Crippen molar-refractivity contribution >= 4 is 23.6 Å². The number of rotatable bonds is 8. The number of imide groups is 2. The molecule has 0 aliphatic carbocycles. The number of hydrogen-bond donors (Lipinski definition) is 0. The molecular weight excluding hydrogens is 444 g/mol. The fourth-order valence-corrected chi connectivity index (χ4v) is 4.85. The van der Waals surface area contributed by atoms with Crippen molar-refractivity contribution in [3.05, 3.63) is 0 Å². The Morgan fingerprint density at radius 2 is 1.06 bits per heavy atom. The maximum absolute atomic E-state index is 12.8. The van der Waals surface area contributed by atoms with Crippen LogP contribution in [0.1, 0.15) is 13.3 Å².